The van der Waals surface area contributed by atoms with E-state index in [4.69, 9.17) is 0 Å². The second kappa shape index (κ2) is 6.87. The molecule has 1 saturated heterocycles. The van der Waals surface area contributed by atoms with Gasteiger partial charge in [0.15, 0.2) is 0 Å². The van der Waals surface area contributed by atoms with Gasteiger partial charge in [-0.3, -0.25) is 14.9 Å². The summed E-state index contributed by atoms with van der Waals surface area (Å²) in [6, 6.07) is 5.09. The van der Waals surface area contributed by atoms with Crippen molar-refractivity contribution in [3.05, 3.63) is 39.4 Å². The third-order valence-corrected chi connectivity index (χ3v) is 3.51. The van der Waals surface area contributed by atoms with Gasteiger partial charge in [0.1, 0.15) is 5.56 Å². The van der Waals surface area contributed by atoms with Crippen molar-refractivity contribution in [2.24, 2.45) is 0 Å². The van der Waals surface area contributed by atoms with Crippen molar-refractivity contribution in [1.82, 2.24) is 10.2 Å². The number of halogens is 1. The van der Waals surface area contributed by atoms with Crippen LogP contribution in [0.1, 0.15) is 29.8 Å². The van der Waals surface area contributed by atoms with E-state index in [1.54, 1.807) is 24.0 Å². The van der Waals surface area contributed by atoms with E-state index < -0.39 is 4.92 Å². The molecule has 1 aliphatic rings. The minimum absolute atomic E-state index is 0. The van der Waals surface area contributed by atoms with Crippen LogP contribution in [0.3, 0.4) is 0 Å². The number of nitro groups is 1. The van der Waals surface area contributed by atoms with Crippen LogP contribution in [0, 0.1) is 17.0 Å². The van der Waals surface area contributed by atoms with Crippen LogP contribution < -0.4 is 5.32 Å². The topological polar surface area (TPSA) is 75.5 Å². The standard InChI is InChI=1S/C14H19N3O3.ClH/c1-9-5-4-6-12(17(19)20)13(9)14(18)16-7-10(2)15-11(3)8-16;/h4-6,10-11,15H,7-8H2,1-3H3;1H. The number of nitro benzene ring substituents is 1. The van der Waals surface area contributed by atoms with Crippen molar-refractivity contribution in [2.75, 3.05) is 13.1 Å². The van der Waals surface area contributed by atoms with E-state index in [1.165, 1.54) is 6.07 Å². The number of hydrogen-bond donors (Lipinski definition) is 1. The van der Waals surface area contributed by atoms with Crippen LogP contribution in [-0.4, -0.2) is 40.9 Å². The molecular weight excluding hydrogens is 294 g/mol. The van der Waals surface area contributed by atoms with Gasteiger partial charge >= 0.3 is 0 Å². The van der Waals surface area contributed by atoms with E-state index in [9.17, 15) is 14.9 Å². The fourth-order valence-corrected chi connectivity index (χ4v) is 2.73. The predicted octanol–water partition coefficient (Wildman–Crippen LogP) is 2.15. The average Bonchev–Trinajstić information content (AvgIpc) is 2.36. The van der Waals surface area contributed by atoms with Crippen molar-refractivity contribution in [3.8, 4) is 0 Å². The minimum atomic E-state index is -0.491. The molecule has 1 heterocycles. The molecule has 0 saturated carbocycles. The van der Waals surface area contributed by atoms with Crippen LogP contribution in [0.25, 0.3) is 0 Å². The molecule has 7 heteroatoms. The summed E-state index contributed by atoms with van der Waals surface area (Å²) < 4.78 is 0. The number of benzene rings is 1. The zero-order valence-corrected chi connectivity index (χ0v) is 13.1. The quantitative estimate of drug-likeness (QED) is 0.670. The molecule has 2 rings (SSSR count). The summed E-state index contributed by atoms with van der Waals surface area (Å²) in [6.07, 6.45) is 0. The summed E-state index contributed by atoms with van der Waals surface area (Å²) in [7, 11) is 0. The Balaban J connectivity index is 0.00000220. The lowest BCUT2D eigenvalue weighted by Gasteiger charge is -2.36. The van der Waals surface area contributed by atoms with Crippen LogP contribution in [-0.2, 0) is 0 Å². The lowest BCUT2D eigenvalue weighted by Crippen LogP contribution is -2.56. The van der Waals surface area contributed by atoms with Gasteiger partial charge in [-0.1, -0.05) is 12.1 Å². The van der Waals surface area contributed by atoms with Gasteiger partial charge in [0.25, 0.3) is 11.6 Å². The molecule has 1 amide bonds. The van der Waals surface area contributed by atoms with E-state index in [-0.39, 0.29) is 41.6 Å². The van der Waals surface area contributed by atoms with Gasteiger partial charge in [0.2, 0.25) is 0 Å². The molecule has 1 N–H and O–H groups in total. The van der Waals surface area contributed by atoms with Gasteiger partial charge in [-0.25, -0.2) is 0 Å². The first-order valence-electron chi connectivity index (χ1n) is 6.69. The highest BCUT2D eigenvalue weighted by Crippen LogP contribution is 2.24. The number of rotatable bonds is 2. The van der Waals surface area contributed by atoms with E-state index in [1.807, 2.05) is 13.8 Å². The maximum Gasteiger partial charge on any atom is 0.282 e. The first-order valence-corrected chi connectivity index (χ1v) is 6.69. The van der Waals surface area contributed by atoms with Crippen LogP contribution in [0.15, 0.2) is 18.2 Å². The molecule has 1 aliphatic heterocycles. The third-order valence-electron chi connectivity index (χ3n) is 3.51. The summed E-state index contributed by atoms with van der Waals surface area (Å²) in [6.45, 7) is 6.86. The highest BCUT2D eigenvalue weighted by Gasteiger charge is 2.30. The van der Waals surface area contributed by atoms with Gasteiger partial charge in [0, 0.05) is 31.2 Å². The van der Waals surface area contributed by atoms with Gasteiger partial charge in [0.05, 0.1) is 4.92 Å². The first kappa shape index (κ1) is 17.4. The number of carbonyl (C=O) groups excluding carboxylic acids is 1. The van der Waals surface area contributed by atoms with Gasteiger partial charge in [-0.15, -0.1) is 12.4 Å². The van der Waals surface area contributed by atoms with E-state index in [2.05, 4.69) is 5.32 Å². The Labute approximate surface area is 130 Å². The fraction of sp³-hybridized carbons (Fsp3) is 0.500. The number of carbonyl (C=O) groups is 1. The van der Waals surface area contributed by atoms with Crippen molar-refractivity contribution >= 4 is 24.0 Å². The van der Waals surface area contributed by atoms with E-state index in [0.29, 0.717) is 18.7 Å². The summed E-state index contributed by atoms with van der Waals surface area (Å²) in [5, 5.41) is 14.5. The summed E-state index contributed by atoms with van der Waals surface area (Å²) in [5.41, 5.74) is 0.732. The molecule has 0 aliphatic carbocycles. The molecule has 1 fully saturated rings. The normalized spacial score (nSPS) is 21.6. The zero-order chi connectivity index (χ0) is 14.9. The number of aryl methyl sites for hydroxylation is 1. The number of hydrogen-bond acceptors (Lipinski definition) is 4. The second-order valence-corrected chi connectivity index (χ2v) is 5.41. The molecule has 0 aromatic heterocycles. The number of piperazine rings is 1. The molecule has 0 bridgehead atoms. The number of amides is 1. The van der Waals surface area contributed by atoms with Crippen LogP contribution in [0.2, 0.25) is 0 Å². The van der Waals surface area contributed by atoms with Crippen molar-refractivity contribution in [3.63, 3.8) is 0 Å². The van der Waals surface area contributed by atoms with Crippen LogP contribution >= 0.6 is 12.4 Å². The maximum absolute atomic E-state index is 12.6. The SMILES string of the molecule is Cc1cccc([N+](=O)[O-])c1C(=O)N1CC(C)NC(C)C1.Cl. The van der Waals surface area contributed by atoms with E-state index >= 15 is 0 Å². The van der Waals surface area contributed by atoms with Gasteiger partial charge in [-0.2, -0.15) is 0 Å². The van der Waals surface area contributed by atoms with Crippen LogP contribution in [0.5, 0.6) is 0 Å². The minimum Gasteiger partial charge on any atom is -0.335 e. The van der Waals surface area contributed by atoms with Crippen molar-refractivity contribution in [1.29, 1.82) is 0 Å². The second-order valence-electron chi connectivity index (χ2n) is 5.41. The molecule has 2 atom stereocenters. The first-order chi connectivity index (χ1) is 9.40. The summed E-state index contributed by atoms with van der Waals surface area (Å²) in [5.74, 6) is -0.255. The molecule has 0 radical (unpaired) electrons. The summed E-state index contributed by atoms with van der Waals surface area (Å²) in [4.78, 5) is 24.9. The highest BCUT2D eigenvalue weighted by molar-refractivity contribution is 5.99. The molecule has 0 spiro atoms. The number of nitrogens with one attached hydrogen (secondary N) is 1. The molecule has 2 unspecified atom stereocenters. The zero-order valence-electron chi connectivity index (χ0n) is 12.3. The molecule has 21 heavy (non-hydrogen) atoms. The van der Waals surface area contributed by atoms with Gasteiger partial charge in [-0.05, 0) is 26.3 Å². The molecule has 1 aromatic rings. The average molecular weight is 314 g/mol. The third kappa shape index (κ3) is 3.71. The van der Waals surface area contributed by atoms with Gasteiger partial charge < -0.3 is 10.2 Å². The van der Waals surface area contributed by atoms with Crippen molar-refractivity contribution in [2.45, 2.75) is 32.9 Å². The fourth-order valence-electron chi connectivity index (χ4n) is 2.73. The Kier molecular flexibility index (Phi) is 5.69. The highest BCUT2D eigenvalue weighted by atomic mass is 35.5. The Morgan fingerprint density at radius 3 is 2.43 bits per heavy atom. The Morgan fingerprint density at radius 2 is 1.90 bits per heavy atom. The predicted molar refractivity (Wildman–Crippen MR) is 83.0 cm³/mol. The molecule has 6 nitrogen and oxygen atoms in total. The molecular formula is C14H20ClN3O3. The van der Waals surface area contributed by atoms with Crippen LogP contribution in [0.4, 0.5) is 5.69 Å². The van der Waals surface area contributed by atoms with Crippen molar-refractivity contribution < 1.29 is 9.72 Å². The lowest BCUT2D eigenvalue weighted by molar-refractivity contribution is -0.385. The van der Waals surface area contributed by atoms with E-state index in [0.717, 1.165) is 0 Å². The maximum atomic E-state index is 12.6. The number of nitrogens with zero attached hydrogens (tertiary/aromatic N) is 2. The summed E-state index contributed by atoms with van der Waals surface area (Å²) >= 11 is 0. The molecule has 116 valence electrons. The lowest BCUT2D eigenvalue weighted by atomic mass is 10.0. The largest absolute Gasteiger partial charge is 0.335 e. The molecule has 1 aromatic carbocycles. The monoisotopic (exact) mass is 313 g/mol. The smallest absolute Gasteiger partial charge is 0.282 e. The Hall–Kier alpha value is -1.66. The Morgan fingerprint density at radius 1 is 1.33 bits per heavy atom. The Bertz CT molecular complexity index is 540.